The Morgan fingerprint density at radius 3 is 2.96 bits per heavy atom. The SMILES string of the molecule is Cc1ccc2nc(NC(=O)CSc3ccnc4ccccc34)sc2c1. The van der Waals surface area contributed by atoms with Gasteiger partial charge in [-0.2, -0.15) is 0 Å². The number of aromatic nitrogens is 2. The number of para-hydroxylation sites is 1. The Hall–Kier alpha value is -2.44. The van der Waals surface area contributed by atoms with Gasteiger partial charge in [-0.05, 0) is 36.8 Å². The molecule has 0 aliphatic carbocycles. The van der Waals surface area contributed by atoms with Crippen molar-refractivity contribution in [2.75, 3.05) is 11.1 Å². The van der Waals surface area contributed by atoms with Crippen LogP contribution in [0.15, 0.2) is 59.6 Å². The Labute approximate surface area is 153 Å². The number of carbonyl (C=O) groups is 1. The second kappa shape index (κ2) is 6.82. The number of nitrogens with one attached hydrogen (secondary N) is 1. The van der Waals surface area contributed by atoms with Crippen LogP contribution in [0.1, 0.15) is 5.56 Å². The quantitative estimate of drug-likeness (QED) is 0.524. The highest BCUT2D eigenvalue weighted by Gasteiger charge is 2.10. The number of rotatable bonds is 4. The van der Waals surface area contributed by atoms with E-state index in [0.29, 0.717) is 10.9 Å². The van der Waals surface area contributed by atoms with Gasteiger partial charge in [-0.1, -0.05) is 35.6 Å². The standard InChI is InChI=1S/C19H15N3OS2/c1-12-6-7-15-17(10-12)25-19(21-15)22-18(23)11-24-16-8-9-20-14-5-3-2-4-13(14)16/h2-10H,11H2,1H3,(H,21,22,23). The zero-order valence-corrected chi connectivity index (χ0v) is 15.2. The summed E-state index contributed by atoms with van der Waals surface area (Å²) in [6, 6.07) is 16.0. The van der Waals surface area contributed by atoms with E-state index < -0.39 is 0 Å². The molecule has 0 saturated carbocycles. The van der Waals surface area contributed by atoms with Crippen molar-refractivity contribution >= 4 is 55.3 Å². The van der Waals surface area contributed by atoms with E-state index in [2.05, 4.69) is 21.4 Å². The van der Waals surface area contributed by atoms with Crippen molar-refractivity contribution in [3.05, 3.63) is 60.3 Å². The molecule has 1 amide bonds. The first-order valence-electron chi connectivity index (χ1n) is 7.83. The molecule has 0 radical (unpaired) electrons. The van der Waals surface area contributed by atoms with Gasteiger partial charge in [0.05, 0.1) is 21.5 Å². The van der Waals surface area contributed by atoms with E-state index in [-0.39, 0.29) is 5.91 Å². The molecule has 2 aromatic carbocycles. The lowest BCUT2D eigenvalue weighted by Gasteiger charge is -2.05. The second-order valence-electron chi connectivity index (χ2n) is 5.65. The molecule has 1 N–H and O–H groups in total. The summed E-state index contributed by atoms with van der Waals surface area (Å²) in [6.45, 7) is 2.05. The summed E-state index contributed by atoms with van der Waals surface area (Å²) in [4.78, 5) is 22.2. The van der Waals surface area contributed by atoms with Crippen LogP contribution in [0.3, 0.4) is 0 Å². The summed E-state index contributed by atoms with van der Waals surface area (Å²) in [5.41, 5.74) is 3.04. The maximum absolute atomic E-state index is 12.3. The van der Waals surface area contributed by atoms with Crippen LogP contribution in [-0.2, 0) is 4.79 Å². The number of nitrogens with zero attached hydrogens (tertiary/aromatic N) is 2. The monoisotopic (exact) mass is 365 g/mol. The molecule has 4 rings (SSSR count). The van der Waals surface area contributed by atoms with Gasteiger partial charge >= 0.3 is 0 Å². The molecule has 4 aromatic rings. The topological polar surface area (TPSA) is 54.9 Å². The first-order chi connectivity index (χ1) is 12.2. The smallest absolute Gasteiger partial charge is 0.236 e. The number of pyridine rings is 1. The van der Waals surface area contributed by atoms with E-state index in [1.165, 1.54) is 28.7 Å². The highest BCUT2D eigenvalue weighted by molar-refractivity contribution is 8.00. The summed E-state index contributed by atoms with van der Waals surface area (Å²) in [6.07, 6.45) is 1.78. The molecule has 0 atom stereocenters. The summed E-state index contributed by atoms with van der Waals surface area (Å²) >= 11 is 3.01. The van der Waals surface area contributed by atoms with Crippen LogP contribution >= 0.6 is 23.1 Å². The number of amides is 1. The third-order valence-corrected chi connectivity index (χ3v) is 5.77. The third-order valence-electron chi connectivity index (χ3n) is 3.76. The van der Waals surface area contributed by atoms with Crippen LogP contribution in [0.25, 0.3) is 21.1 Å². The van der Waals surface area contributed by atoms with Crippen LogP contribution in [0.4, 0.5) is 5.13 Å². The maximum Gasteiger partial charge on any atom is 0.236 e. The van der Waals surface area contributed by atoms with Crippen LogP contribution in [0.5, 0.6) is 0 Å². The van der Waals surface area contributed by atoms with Gasteiger partial charge in [-0.3, -0.25) is 9.78 Å². The van der Waals surface area contributed by atoms with Gasteiger partial charge in [0.2, 0.25) is 5.91 Å². The lowest BCUT2D eigenvalue weighted by molar-refractivity contribution is -0.113. The first kappa shape index (κ1) is 16.1. The van der Waals surface area contributed by atoms with E-state index in [4.69, 9.17) is 0 Å². The van der Waals surface area contributed by atoms with Crippen molar-refractivity contribution in [1.29, 1.82) is 0 Å². The predicted molar refractivity (Wildman–Crippen MR) is 105 cm³/mol. The molecular formula is C19H15N3OS2. The van der Waals surface area contributed by atoms with Gasteiger partial charge in [-0.25, -0.2) is 4.98 Å². The molecule has 0 unspecified atom stereocenters. The fraction of sp³-hybridized carbons (Fsp3) is 0.105. The summed E-state index contributed by atoms with van der Waals surface area (Å²) in [7, 11) is 0. The zero-order valence-electron chi connectivity index (χ0n) is 13.5. The maximum atomic E-state index is 12.3. The van der Waals surface area contributed by atoms with Crippen LogP contribution in [0.2, 0.25) is 0 Å². The second-order valence-corrected chi connectivity index (χ2v) is 7.70. The minimum absolute atomic E-state index is 0.0540. The van der Waals surface area contributed by atoms with Crippen molar-refractivity contribution in [2.45, 2.75) is 11.8 Å². The molecule has 0 saturated heterocycles. The molecule has 0 aliphatic heterocycles. The zero-order chi connectivity index (χ0) is 17.2. The number of fused-ring (bicyclic) bond motifs is 2. The molecule has 2 heterocycles. The predicted octanol–water partition coefficient (Wildman–Crippen LogP) is 4.88. The molecule has 124 valence electrons. The Balaban J connectivity index is 1.46. The Morgan fingerprint density at radius 1 is 1.16 bits per heavy atom. The number of thiazole rings is 1. The number of hydrogen-bond acceptors (Lipinski definition) is 5. The van der Waals surface area contributed by atoms with Crippen LogP contribution in [0, 0.1) is 6.92 Å². The molecule has 0 bridgehead atoms. The molecule has 6 heteroatoms. The number of anilines is 1. The van der Waals surface area contributed by atoms with Crippen LogP contribution < -0.4 is 5.32 Å². The average molecular weight is 365 g/mol. The minimum Gasteiger partial charge on any atom is -0.301 e. The van der Waals surface area contributed by atoms with Crippen molar-refractivity contribution in [3.63, 3.8) is 0 Å². The third kappa shape index (κ3) is 3.50. The number of thioether (sulfide) groups is 1. The van der Waals surface area contributed by atoms with Crippen molar-refractivity contribution < 1.29 is 4.79 Å². The number of hydrogen-bond donors (Lipinski definition) is 1. The number of aryl methyl sites for hydroxylation is 1. The highest BCUT2D eigenvalue weighted by Crippen LogP contribution is 2.28. The van der Waals surface area contributed by atoms with Crippen molar-refractivity contribution in [1.82, 2.24) is 9.97 Å². The fourth-order valence-corrected chi connectivity index (χ4v) is 4.40. The molecular weight excluding hydrogens is 350 g/mol. The lowest BCUT2D eigenvalue weighted by atomic mass is 10.2. The summed E-state index contributed by atoms with van der Waals surface area (Å²) in [5, 5.41) is 4.61. The number of carbonyl (C=O) groups excluding carboxylic acids is 1. The normalized spacial score (nSPS) is 11.1. The van der Waals surface area contributed by atoms with Gasteiger partial charge in [0.1, 0.15) is 0 Å². The Bertz CT molecular complexity index is 1070. The lowest BCUT2D eigenvalue weighted by Crippen LogP contribution is -2.13. The van der Waals surface area contributed by atoms with Gasteiger partial charge in [0.15, 0.2) is 5.13 Å². The summed E-state index contributed by atoms with van der Waals surface area (Å²) < 4.78 is 1.09. The molecule has 25 heavy (non-hydrogen) atoms. The molecule has 0 fully saturated rings. The average Bonchev–Trinajstić information content (AvgIpc) is 3.01. The van der Waals surface area contributed by atoms with Crippen molar-refractivity contribution in [3.8, 4) is 0 Å². The number of benzene rings is 2. The largest absolute Gasteiger partial charge is 0.301 e. The van der Waals surface area contributed by atoms with Gasteiger partial charge in [-0.15, -0.1) is 11.8 Å². The van der Waals surface area contributed by atoms with Gasteiger partial charge in [0.25, 0.3) is 0 Å². The Kier molecular flexibility index (Phi) is 4.38. The highest BCUT2D eigenvalue weighted by atomic mass is 32.2. The van der Waals surface area contributed by atoms with E-state index in [1.807, 2.05) is 49.4 Å². The van der Waals surface area contributed by atoms with Gasteiger partial charge in [0, 0.05) is 16.5 Å². The fourth-order valence-electron chi connectivity index (χ4n) is 2.58. The molecule has 0 spiro atoms. The molecule has 2 aromatic heterocycles. The van der Waals surface area contributed by atoms with Crippen LogP contribution in [-0.4, -0.2) is 21.6 Å². The molecule has 0 aliphatic rings. The van der Waals surface area contributed by atoms with Crippen molar-refractivity contribution in [2.24, 2.45) is 0 Å². The van der Waals surface area contributed by atoms with E-state index in [9.17, 15) is 4.79 Å². The molecule has 4 nitrogen and oxygen atoms in total. The Morgan fingerprint density at radius 2 is 2.04 bits per heavy atom. The first-order valence-corrected chi connectivity index (χ1v) is 9.63. The van der Waals surface area contributed by atoms with Gasteiger partial charge < -0.3 is 5.32 Å². The van der Waals surface area contributed by atoms with E-state index in [0.717, 1.165) is 26.0 Å². The summed E-state index contributed by atoms with van der Waals surface area (Å²) in [5.74, 6) is 0.282. The van der Waals surface area contributed by atoms with E-state index in [1.54, 1.807) is 6.20 Å². The van der Waals surface area contributed by atoms with E-state index >= 15 is 0 Å². The minimum atomic E-state index is -0.0540.